The molecule has 0 aliphatic carbocycles. The zero-order valence-corrected chi connectivity index (χ0v) is 15.7. The first kappa shape index (κ1) is 18.3. The van der Waals surface area contributed by atoms with Crippen molar-refractivity contribution in [2.45, 2.75) is 39.7 Å². The maximum Gasteiger partial charge on any atom is 0.251 e. The normalized spacial score (nSPS) is 18.8. The van der Waals surface area contributed by atoms with E-state index in [1.54, 1.807) is 7.05 Å². The fraction of sp³-hybridized carbons (Fsp3) is 0.579. The Morgan fingerprint density at radius 2 is 2.00 bits per heavy atom. The van der Waals surface area contributed by atoms with Crippen molar-refractivity contribution in [1.82, 2.24) is 15.5 Å². The minimum atomic E-state index is -0.0508. The van der Waals surface area contributed by atoms with Crippen LogP contribution < -0.4 is 10.6 Å². The molecule has 1 aliphatic rings. The van der Waals surface area contributed by atoms with Gasteiger partial charge in [-0.1, -0.05) is 26.0 Å². The molecule has 5 nitrogen and oxygen atoms in total. The summed E-state index contributed by atoms with van der Waals surface area (Å²) < 4.78 is 0. The van der Waals surface area contributed by atoms with E-state index < -0.39 is 0 Å². The van der Waals surface area contributed by atoms with Gasteiger partial charge in [0, 0.05) is 43.7 Å². The first-order chi connectivity index (χ1) is 11.2. The van der Waals surface area contributed by atoms with E-state index in [1.165, 1.54) is 0 Å². The molecule has 1 aromatic rings. The molecule has 132 valence electrons. The van der Waals surface area contributed by atoms with Gasteiger partial charge >= 0.3 is 0 Å². The molecule has 1 aromatic carbocycles. The van der Waals surface area contributed by atoms with E-state index in [-0.39, 0.29) is 16.9 Å². The van der Waals surface area contributed by atoms with E-state index in [9.17, 15) is 4.79 Å². The molecule has 1 aliphatic heterocycles. The summed E-state index contributed by atoms with van der Waals surface area (Å²) in [6.45, 7) is 10.9. The Hall–Kier alpha value is -2.04. The van der Waals surface area contributed by atoms with Crippen molar-refractivity contribution in [3.63, 3.8) is 0 Å². The molecular formula is C19H30N4O. The van der Waals surface area contributed by atoms with Gasteiger partial charge in [-0.05, 0) is 38.0 Å². The number of hydrogen-bond donors (Lipinski definition) is 2. The molecule has 5 heteroatoms. The molecule has 1 heterocycles. The highest BCUT2D eigenvalue weighted by Gasteiger charge is 2.53. The Morgan fingerprint density at radius 1 is 1.29 bits per heavy atom. The lowest BCUT2D eigenvalue weighted by atomic mass is 9.65. The molecule has 2 rings (SSSR count). The zero-order chi connectivity index (χ0) is 18.0. The molecule has 1 fully saturated rings. The Labute approximate surface area is 145 Å². The number of aliphatic imine (C=N–C) groups is 1. The van der Waals surface area contributed by atoms with Crippen LogP contribution in [0, 0.1) is 5.41 Å². The predicted octanol–water partition coefficient (Wildman–Crippen LogP) is 2.28. The quantitative estimate of drug-likeness (QED) is 0.658. The summed E-state index contributed by atoms with van der Waals surface area (Å²) in [6, 6.07) is 7.75. The van der Waals surface area contributed by atoms with Gasteiger partial charge in [0.25, 0.3) is 5.91 Å². The second-order valence-electron chi connectivity index (χ2n) is 7.53. The van der Waals surface area contributed by atoms with Crippen LogP contribution in [0.4, 0.5) is 0 Å². The fourth-order valence-corrected chi connectivity index (χ4v) is 3.03. The molecule has 2 N–H and O–H groups in total. The Balaban J connectivity index is 1.93. The number of carbonyl (C=O) groups excluding carboxylic acids is 1. The third-order valence-corrected chi connectivity index (χ3v) is 5.46. The van der Waals surface area contributed by atoms with Gasteiger partial charge in [0.15, 0.2) is 5.96 Å². The van der Waals surface area contributed by atoms with Crippen LogP contribution in [0.15, 0.2) is 29.3 Å². The predicted molar refractivity (Wildman–Crippen MR) is 99.5 cm³/mol. The number of guanidine groups is 1. The minimum Gasteiger partial charge on any atom is -0.356 e. The van der Waals surface area contributed by atoms with Crippen molar-refractivity contribution < 1.29 is 4.79 Å². The van der Waals surface area contributed by atoms with E-state index in [1.807, 2.05) is 31.3 Å². The first-order valence-corrected chi connectivity index (χ1v) is 8.52. The molecule has 0 bridgehead atoms. The van der Waals surface area contributed by atoms with Gasteiger partial charge in [-0.15, -0.1) is 0 Å². The van der Waals surface area contributed by atoms with Crippen LogP contribution in [0.5, 0.6) is 0 Å². The standard InChI is InChI=1S/C19H30N4O/c1-18(2)13-23(19(18,3)4)17(21-6)22-11-10-14-8-7-9-15(12-14)16(24)20-5/h7-9,12H,10-11,13H2,1-6H3,(H,20,24)(H,21,22). The van der Waals surface area contributed by atoms with Crippen molar-refractivity contribution in [3.05, 3.63) is 35.4 Å². The summed E-state index contributed by atoms with van der Waals surface area (Å²) in [7, 11) is 3.48. The molecule has 1 saturated heterocycles. The van der Waals surface area contributed by atoms with E-state index in [0.29, 0.717) is 5.56 Å². The second-order valence-corrected chi connectivity index (χ2v) is 7.53. The topological polar surface area (TPSA) is 56.7 Å². The molecular weight excluding hydrogens is 300 g/mol. The van der Waals surface area contributed by atoms with E-state index >= 15 is 0 Å². The molecule has 0 unspecified atom stereocenters. The summed E-state index contributed by atoms with van der Waals surface area (Å²) >= 11 is 0. The third-order valence-electron chi connectivity index (χ3n) is 5.46. The summed E-state index contributed by atoms with van der Waals surface area (Å²) in [5, 5.41) is 6.11. The smallest absolute Gasteiger partial charge is 0.251 e. The van der Waals surface area contributed by atoms with Gasteiger partial charge in [-0.25, -0.2) is 0 Å². The van der Waals surface area contributed by atoms with Gasteiger partial charge in [0.05, 0.1) is 0 Å². The summed E-state index contributed by atoms with van der Waals surface area (Å²) in [5.74, 6) is 0.895. The van der Waals surface area contributed by atoms with Crippen LogP contribution in [-0.2, 0) is 6.42 Å². The molecule has 0 atom stereocenters. The van der Waals surface area contributed by atoms with E-state index in [2.05, 4.69) is 48.2 Å². The Bertz CT molecular complexity index is 634. The molecule has 0 radical (unpaired) electrons. The van der Waals surface area contributed by atoms with Gasteiger partial charge in [0.1, 0.15) is 0 Å². The number of nitrogens with zero attached hydrogens (tertiary/aromatic N) is 2. The highest BCUT2D eigenvalue weighted by molar-refractivity contribution is 5.94. The highest BCUT2D eigenvalue weighted by atomic mass is 16.1. The molecule has 24 heavy (non-hydrogen) atoms. The number of likely N-dealkylation sites (tertiary alicyclic amines) is 1. The van der Waals surface area contributed by atoms with Crippen LogP contribution in [0.2, 0.25) is 0 Å². The number of rotatable bonds is 4. The van der Waals surface area contributed by atoms with Gasteiger partial charge < -0.3 is 15.5 Å². The lowest BCUT2D eigenvalue weighted by molar-refractivity contribution is -0.0666. The lowest BCUT2D eigenvalue weighted by Crippen LogP contribution is -2.72. The Morgan fingerprint density at radius 3 is 2.54 bits per heavy atom. The first-order valence-electron chi connectivity index (χ1n) is 8.52. The number of benzene rings is 1. The molecule has 0 saturated carbocycles. The summed E-state index contributed by atoms with van der Waals surface area (Å²) in [4.78, 5) is 18.5. The lowest BCUT2D eigenvalue weighted by Gasteiger charge is -2.62. The number of hydrogen-bond acceptors (Lipinski definition) is 2. The van der Waals surface area contributed by atoms with Crippen LogP contribution in [0.25, 0.3) is 0 Å². The molecule has 0 aromatic heterocycles. The van der Waals surface area contributed by atoms with Crippen LogP contribution in [0.3, 0.4) is 0 Å². The van der Waals surface area contributed by atoms with E-state index in [4.69, 9.17) is 0 Å². The van der Waals surface area contributed by atoms with Crippen molar-refractivity contribution in [2.24, 2.45) is 10.4 Å². The monoisotopic (exact) mass is 330 g/mol. The van der Waals surface area contributed by atoms with Crippen LogP contribution in [0.1, 0.15) is 43.6 Å². The number of nitrogens with one attached hydrogen (secondary N) is 2. The average Bonchev–Trinajstić information content (AvgIpc) is 2.56. The number of amides is 1. The maximum atomic E-state index is 11.7. The fourth-order valence-electron chi connectivity index (χ4n) is 3.03. The minimum absolute atomic E-state index is 0.0508. The van der Waals surface area contributed by atoms with Crippen LogP contribution >= 0.6 is 0 Å². The van der Waals surface area contributed by atoms with Crippen molar-refractivity contribution in [3.8, 4) is 0 Å². The SMILES string of the molecule is CN=C(NCCc1cccc(C(=O)NC)c1)N1CC(C)(C)C1(C)C. The molecule has 1 amide bonds. The second kappa shape index (κ2) is 6.83. The largest absolute Gasteiger partial charge is 0.356 e. The van der Waals surface area contributed by atoms with Crippen molar-refractivity contribution >= 4 is 11.9 Å². The van der Waals surface area contributed by atoms with Crippen LogP contribution in [-0.4, -0.2) is 49.5 Å². The van der Waals surface area contributed by atoms with E-state index in [0.717, 1.165) is 31.0 Å². The van der Waals surface area contributed by atoms with Crippen molar-refractivity contribution in [1.29, 1.82) is 0 Å². The highest BCUT2D eigenvalue weighted by Crippen LogP contribution is 2.46. The summed E-state index contributed by atoms with van der Waals surface area (Å²) in [6.07, 6.45) is 0.849. The Kier molecular flexibility index (Phi) is 5.21. The number of carbonyl (C=O) groups is 1. The van der Waals surface area contributed by atoms with Gasteiger partial charge in [-0.3, -0.25) is 9.79 Å². The van der Waals surface area contributed by atoms with Gasteiger partial charge in [-0.2, -0.15) is 0 Å². The zero-order valence-electron chi connectivity index (χ0n) is 15.7. The maximum absolute atomic E-state index is 11.7. The van der Waals surface area contributed by atoms with Gasteiger partial charge in [0.2, 0.25) is 0 Å². The summed E-state index contributed by atoms with van der Waals surface area (Å²) in [5.41, 5.74) is 2.22. The van der Waals surface area contributed by atoms with Crippen molar-refractivity contribution in [2.75, 3.05) is 27.2 Å². The average molecular weight is 330 g/mol. The third kappa shape index (κ3) is 3.40. The molecule has 0 spiro atoms.